The number of hydrogen-bond donors (Lipinski definition) is 1. The van der Waals surface area contributed by atoms with E-state index in [0.717, 1.165) is 35.2 Å². The van der Waals surface area contributed by atoms with E-state index in [0.29, 0.717) is 31.0 Å². The summed E-state index contributed by atoms with van der Waals surface area (Å²) in [6.45, 7) is 8.88. The molecule has 1 aliphatic heterocycles. The Balaban J connectivity index is 1.55. The number of Topliss-reactive ketones (excluding diaryl/α,β-unsaturated/α-hetero) is 1. The van der Waals surface area contributed by atoms with E-state index < -0.39 is 5.60 Å². The summed E-state index contributed by atoms with van der Waals surface area (Å²) in [5.41, 5.74) is 3.12. The molecule has 3 rings (SSSR count). The van der Waals surface area contributed by atoms with E-state index in [2.05, 4.69) is 10.3 Å². The van der Waals surface area contributed by atoms with Crippen LogP contribution in [-0.2, 0) is 17.6 Å². The second-order valence-electron chi connectivity index (χ2n) is 9.22. The summed E-state index contributed by atoms with van der Waals surface area (Å²) in [5.74, 6) is 0.112. The van der Waals surface area contributed by atoms with Gasteiger partial charge in [0.1, 0.15) is 5.60 Å². The number of carbonyl (C=O) groups is 2. The van der Waals surface area contributed by atoms with Crippen molar-refractivity contribution in [3.63, 3.8) is 0 Å². The molecule has 1 aliphatic rings. The van der Waals surface area contributed by atoms with Crippen LogP contribution < -0.4 is 5.32 Å². The standard InChI is InChI=1S/C25H32ClN3O3/c1-5-18-13-19(26)7-8-22(18)23(30)9-6-17-12-21(15-27-14-17)28-20-10-11-29(16-20)24(31)32-25(2,3)4/h7-8,12-15,20,28H,5-6,9-11,16H2,1-4H3. The molecule has 0 radical (unpaired) electrons. The molecular formula is C25H32ClN3O3. The molecule has 1 amide bonds. The van der Waals surface area contributed by atoms with Gasteiger partial charge in [0.15, 0.2) is 5.78 Å². The first-order valence-corrected chi connectivity index (χ1v) is 11.5. The molecule has 2 aromatic rings. The van der Waals surface area contributed by atoms with Crippen LogP contribution in [-0.4, -0.2) is 46.5 Å². The lowest BCUT2D eigenvalue weighted by atomic mass is 9.97. The average Bonchev–Trinajstić information content (AvgIpc) is 3.19. The topological polar surface area (TPSA) is 71.5 Å². The van der Waals surface area contributed by atoms with Crippen molar-refractivity contribution in [2.75, 3.05) is 18.4 Å². The second kappa shape index (κ2) is 10.3. The van der Waals surface area contributed by atoms with E-state index in [1.807, 2.05) is 45.9 Å². The van der Waals surface area contributed by atoms with Crippen LogP contribution in [0.3, 0.4) is 0 Å². The monoisotopic (exact) mass is 457 g/mol. The molecule has 1 fully saturated rings. The van der Waals surface area contributed by atoms with Crippen molar-refractivity contribution >= 4 is 29.2 Å². The smallest absolute Gasteiger partial charge is 0.410 e. The number of nitrogens with one attached hydrogen (secondary N) is 1. The summed E-state index contributed by atoms with van der Waals surface area (Å²) in [6.07, 6.45) is 5.93. The predicted molar refractivity (Wildman–Crippen MR) is 128 cm³/mol. The zero-order valence-corrected chi connectivity index (χ0v) is 20.0. The highest BCUT2D eigenvalue weighted by molar-refractivity contribution is 6.30. The fourth-order valence-electron chi connectivity index (χ4n) is 3.83. The Morgan fingerprint density at radius 2 is 2.03 bits per heavy atom. The van der Waals surface area contributed by atoms with Gasteiger partial charge in [-0.1, -0.05) is 18.5 Å². The highest BCUT2D eigenvalue weighted by Crippen LogP contribution is 2.21. The molecule has 1 N–H and O–H groups in total. The Kier molecular flexibility index (Phi) is 7.77. The van der Waals surface area contributed by atoms with Gasteiger partial charge in [0.2, 0.25) is 0 Å². The zero-order valence-electron chi connectivity index (χ0n) is 19.3. The van der Waals surface area contributed by atoms with Crippen molar-refractivity contribution in [1.82, 2.24) is 9.88 Å². The van der Waals surface area contributed by atoms with Crippen molar-refractivity contribution in [1.29, 1.82) is 0 Å². The summed E-state index contributed by atoms with van der Waals surface area (Å²) >= 11 is 6.06. The average molecular weight is 458 g/mol. The highest BCUT2D eigenvalue weighted by Gasteiger charge is 2.29. The number of ketones is 1. The Morgan fingerprint density at radius 3 is 2.75 bits per heavy atom. The zero-order chi connectivity index (χ0) is 23.3. The Hall–Kier alpha value is -2.60. The van der Waals surface area contributed by atoms with Crippen LogP contribution in [0.25, 0.3) is 0 Å². The van der Waals surface area contributed by atoms with E-state index >= 15 is 0 Å². The van der Waals surface area contributed by atoms with Gasteiger partial charge in [0.25, 0.3) is 0 Å². The minimum absolute atomic E-state index is 0.112. The van der Waals surface area contributed by atoms with Crippen LogP contribution >= 0.6 is 11.6 Å². The Labute approximate surface area is 195 Å². The van der Waals surface area contributed by atoms with Crippen molar-refractivity contribution < 1.29 is 14.3 Å². The molecule has 0 saturated carbocycles. The van der Waals surface area contributed by atoms with E-state index in [4.69, 9.17) is 16.3 Å². The molecule has 32 heavy (non-hydrogen) atoms. The lowest BCUT2D eigenvalue weighted by molar-refractivity contribution is 0.0293. The third kappa shape index (κ3) is 6.70. The van der Waals surface area contributed by atoms with Crippen LogP contribution in [0.2, 0.25) is 5.02 Å². The molecule has 1 saturated heterocycles. The van der Waals surface area contributed by atoms with Gasteiger partial charge in [-0.3, -0.25) is 9.78 Å². The SMILES string of the molecule is CCc1cc(Cl)ccc1C(=O)CCc1cncc(NC2CCN(C(=O)OC(C)(C)C)C2)c1. The van der Waals surface area contributed by atoms with E-state index in [1.165, 1.54) is 0 Å². The molecule has 0 bridgehead atoms. The summed E-state index contributed by atoms with van der Waals surface area (Å²) in [7, 11) is 0. The Morgan fingerprint density at radius 1 is 1.25 bits per heavy atom. The number of aryl methyl sites for hydroxylation is 2. The fourth-order valence-corrected chi connectivity index (χ4v) is 4.02. The fraction of sp³-hybridized carbons (Fsp3) is 0.480. The molecule has 1 aromatic carbocycles. The van der Waals surface area contributed by atoms with Gasteiger partial charge in [-0.2, -0.15) is 0 Å². The summed E-state index contributed by atoms with van der Waals surface area (Å²) < 4.78 is 5.46. The third-order valence-electron chi connectivity index (χ3n) is 5.39. The van der Waals surface area contributed by atoms with Gasteiger partial charge in [0.05, 0.1) is 5.69 Å². The summed E-state index contributed by atoms with van der Waals surface area (Å²) in [5, 5.41) is 4.11. The second-order valence-corrected chi connectivity index (χ2v) is 9.65. The molecule has 2 heterocycles. The van der Waals surface area contributed by atoms with Gasteiger partial charge in [-0.25, -0.2) is 4.79 Å². The minimum Gasteiger partial charge on any atom is -0.444 e. The van der Waals surface area contributed by atoms with Crippen molar-refractivity contribution in [2.45, 2.75) is 65.0 Å². The number of benzene rings is 1. The van der Waals surface area contributed by atoms with Crippen LogP contribution in [0.1, 0.15) is 62.0 Å². The van der Waals surface area contributed by atoms with E-state index in [9.17, 15) is 9.59 Å². The number of ether oxygens (including phenoxy) is 1. The minimum atomic E-state index is -0.498. The normalized spacial score (nSPS) is 16.2. The number of amides is 1. The molecule has 0 aliphatic carbocycles. The van der Waals surface area contributed by atoms with Crippen LogP contribution in [0.15, 0.2) is 36.7 Å². The van der Waals surface area contributed by atoms with E-state index in [-0.39, 0.29) is 17.9 Å². The maximum absolute atomic E-state index is 12.7. The first-order valence-electron chi connectivity index (χ1n) is 11.1. The van der Waals surface area contributed by atoms with Crippen molar-refractivity contribution in [3.8, 4) is 0 Å². The third-order valence-corrected chi connectivity index (χ3v) is 5.63. The van der Waals surface area contributed by atoms with Gasteiger partial charge in [-0.15, -0.1) is 0 Å². The van der Waals surface area contributed by atoms with Gasteiger partial charge in [0, 0.05) is 48.5 Å². The van der Waals surface area contributed by atoms with Crippen molar-refractivity contribution in [2.24, 2.45) is 0 Å². The number of carbonyl (C=O) groups excluding carboxylic acids is 2. The van der Waals surface area contributed by atoms with Gasteiger partial charge < -0.3 is 15.0 Å². The van der Waals surface area contributed by atoms with Crippen LogP contribution in [0.5, 0.6) is 0 Å². The highest BCUT2D eigenvalue weighted by atomic mass is 35.5. The summed E-state index contributed by atoms with van der Waals surface area (Å²) in [4.78, 5) is 31.1. The largest absolute Gasteiger partial charge is 0.444 e. The van der Waals surface area contributed by atoms with Crippen LogP contribution in [0.4, 0.5) is 10.5 Å². The molecule has 6 nitrogen and oxygen atoms in total. The number of pyridine rings is 1. The number of aromatic nitrogens is 1. The number of likely N-dealkylation sites (tertiary alicyclic amines) is 1. The molecule has 7 heteroatoms. The quantitative estimate of drug-likeness (QED) is 0.553. The maximum atomic E-state index is 12.7. The molecular weight excluding hydrogens is 426 g/mol. The van der Waals surface area contributed by atoms with E-state index in [1.54, 1.807) is 23.4 Å². The molecule has 172 valence electrons. The molecule has 1 atom stereocenters. The molecule has 1 unspecified atom stereocenters. The number of anilines is 1. The Bertz CT molecular complexity index is 971. The number of nitrogens with zero attached hydrogens (tertiary/aromatic N) is 2. The number of rotatable bonds is 7. The molecule has 0 spiro atoms. The first-order chi connectivity index (χ1) is 15.1. The number of hydrogen-bond acceptors (Lipinski definition) is 5. The van der Waals surface area contributed by atoms with Gasteiger partial charge in [-0.05, 0) is 75.4 Å². The lowest BCUT2D eigenvalue weighted by Crippen LogP contribution is -2.36. The van der Waals surface area contributed by atoms with Crippen molar-refractivity contribution in [3.05, 3.63) is 58.4 Å². The summed E-state index contributed by atoms with van der Waals surface area (Å²) in [6, 6.07) is 7.61. The van der Waals surface area contributed by atoms with Crippen LogP contribution in [0, 0.1) is 0 Å². The lowest BCUT2D eigenvalue weighted by Gasteiger charge is -2.24. The molecule has 1 aromatic heterocycles. The maximum Gasteiger partial charge on any atom is 0.410 e. The predicted octanol–water partition coefficient (Wildman–Crippen LogP) is 5.53. The first kappa shape index (κ1) is 24.1. The number of halogens is 1. The van der Waals surface area contributed by atoms with Gasteiger partial charge >= 0.3 is 6.09 Å².